The van der Waals surface area contributed by atoms with Gasteiger partial charge >= 0.3 is 0 Å². The minimum Gasteiger partial charge on any atom is -0.493 e. The molecule has 1 aliphatic heterocycles. The number of aryl methyl sites for hydroxylation is 1. The molecule has 1 heterocycles. The molecule has 0 radical (unpaired) electrons. The fourth-order valence-electron chi connectivity index (χ4n) is 4.58. The van der Waals surface area contributed by atoms with E-state index < -0.39 is 9.84 Å². The van der Waals surface area contributed by atoms with Crippen LogP contribution < -0.4 is 4.74 Å². The highest BCUT2D eigenvalue weighted by Gasteiger charge is 2.29. The van der Waals surface area contributed by atoms with E-state index in [0.29, 0.717) is 23.5 Å². The van der Waals surface area contributed by atoms with Crippen LogP contribution in [-0.4, -0.2) is 45.3 Å². The van der Waals surface area contributed by atoms with E-state index in [1.54, 1.807) is 24.3 Å². The van der Waals surface area contributed by atoms with E-state index in [1.807, 2.05) is 6.07 Å². The molecule has 1 saturated heterocycles. The molecule has 0 N–H and O–H groups in total. The zero-order valence-electron chi connectivity index (χ0n) is 16.8. The molecule has 1 unspecified atom stereocenters. The summed E-state index contributed by atoms with van der Waals surface area (Å²) in [5.41, 5.74) is 2.85. The first-order valence-electron chi connectivity index (χ1n) is 10.3. The number of sulfone groups is 1. The van der Waals surface area contributed by atoms with Crippen molar-refractivity contribution >= 4 is 21.4 Å². The molecule has 4 rings (SSSR count). The Morgan fingerprint density at radius 1 is 1.10 bits per heavy atom. The molecule has 2 aromatic rings. The first-order chi connectivity index (χ1) is 13.9. The Morgan fingerprint density at radius 2 is 1.90 bits per heavy atom. The number of piperidine rings is 1. The molecule has 29 heavy (non-hydrogen) atoms. The molecule has 0 spiro atoms. The molecule has 6 heteroatoms. The van der Waals surface area contributed by atoms with Crippen molar-refractivity contribution in [3.8, 4) is 5.75 Å². The largest absolute Gasteiger partial charge is 0.493 e. The minimum atomic E-state index is -3.17. The average Bonchev–Trinajstić information content (AvgIpc) is 2.71. The van der Waals surface area contributed by atoms with Crippen LogP contribution >= 0.6 is 11.6 Å². The minimum absolute atomic E-state index is 0.325. The molecule has 0 bridgehead atoms. The topological polar surface area (TPSA) is 46.6 Å². The highest BCUT2D eigenvalue weighted by Crippen LogP contribution is 2.30. The fourth-order valence-corrected chi connectivity index (χ4v) is 5.41. The number of fused-ring (bicyclic) bond motifs is 1. The highest BCUT2D eigenvalue weighted by atomic mass is 35.5. The van der Waals surface area contributed by atoms with Gasteiger partial charge in [0, 0.05) is 29.8 Å². The number of likely N-dealkylation sites (tertiary alicyclic amines) is 1. The van der Waals surface area contributed by atoms with Crippen LogP contribution in [-0.2, 0) is 22.7 Å². The third-order valence-electron chi connectivity index (χ3n) is 6.18. The van der Waals surface area contributed by atoms with Gasteiger partial charge < -0.3 is 4.74 Å². The quantitative estimate of drug-likeness (QED) is 0.701. The summed E-state index contributed by atoms with van der Waals surface area (Å²) in [7, 11) is -3.17. The standard InChI is InChI=1S/C23H28ClNO3S/c1-29(26,27)23-10-8-22(9-11-23)28-16-17-3-2-12-25(15-17)21-7-5-18-4-6-20(24)13-19(18)14-21/h4,6,8-11,13,17,21H,2-3,5,7,12,14-16H2,1H3/t17-,21?/m1/s1. The van der Waals surface area contributed by atoms with Gasteiger partial charge in [0.15, 0.2) is 9.84 Å². The first kappa shape index (κ1) is 20.7. The van der Waals surface area contributed by atoms with E-state index in [0.717, 1.165) is 36.7 Å². The summed E-state index contributed by atoms with van der Waals surface area (Å²) in [6.07, 6.45) is 7.00. The van der Waals surface area contributed by atoms with Gasteiger partial charge in [0.25, 0.3) is 0 Å². The monoisotopic (exact) mass is 433 g/mol. The third kappa shape index (κ3) is 5.14. The molecule has 2 aromatic carbocycles. The van der Waals surface area contributed by atoms with E-state index in [2.05, 4.69) is 17.0 Å². The summed E-state index contributed by atoms with van der Waals surface area (Å²) in [6, 6.07) is 13.6. The second kappa shape index (κ2) is 8.66. The van der Waals surface area contributed by atoms with Gasteiger partial charge in [-0.3, -0.25) is 4.90 Å². The van der Waals surface area contributed by atoms with Crippen molar-refractivity contribution in [3.63, 3.8) is 0 Å². The Bertz CT molecular complexity index is 959. The number of nitrogens with zero attached hydrogens (tertiary/aromatic N) is 1. The zero-order chi connectivity index (χ0) is 20.4. The van der Waals surface area contributed by atoms with Crippen molar-refractivity contribution in [3.05, 3.63) is 58.6 Å². The summed E-state index contributed by atoms with van der Waals surface area (Å²) in [4.78, 5) is 2.96. The Morgan fingerprint density at radius 3 is 2.66 bits per heavy atom. The van der Waals surface area contributed by atoms with E-state index in [-0.39, 0.29) is 0 Å². The van der Waals surface area contributed by atoms with E-state index in [1.165, 1.54) is 36.6 Å². The Labute approximate surface area is 178 Å². The smallest absolute Gasteiger partial charge is 0.175 e. The predicted octanol–water partition coefficient (Wildman–Crippen LogP) is 4.39. The van der Waals surface area contributed by atoms with Crippen molar-refractivity contribution in [2.45, 2.75) is 43.0 Å². The number of hydrogen-bond donors (Lipinski definition) is 0. The number of ether oxygens (including phenoxy) is 1. The summed E-state index contributed by atoms with van der Waals surface area (Å²) >= 11 is 6.20. The maximum Gasteiger partial charge on any atom is 0.175 e. The summed E-state index contributed by atoms with van der Waals surface area (Å²) in [6.45, 7) is 2.88. The summed E-state index contributed by atoms with van der Waals surface area (Å²) in [5.74, 6) is 1.23. The van der Waals surface area contributed by atoms with Crippen LogP contribution in [0.1, 0.15) is 30.4 Å². The van der Waals surface area contributed by atoms with Crippen LogP contribution in [0.4, 0.5) is 0 Å². The van der Waals surface area contributed by atoms with Crippen LogP contribution in [0.5, 0.6) is 5.75 Å². The van der Waals surface area contributed by atoms with Crippen molar-refractivity contribution in [1.82, 2.24) is 4.90 Å². The fraction of sp³-hybridized carbons (Fsp3) is 0.478. The molecule has 2 aliphatic rings. The van der Waals surface area contributed by atoms with E-state index in [4.69, 9.17) is 16.3 Å². The molecule has 1 aliphatic carbocycles. The van der Waals surface area contributed by atoms with Crippen molar-refractivity contribution in [1.29, 1.82) is 0 Å². The number of hydrogen-bond acceptors (Lipinski definition) is 4. The Kier molecular flexibility index (Phi) is 6.19. The van der Waals surface area contributed by atoms with Gasteiger partial charge in [0.2, 0.25) is 0 Å². The SMILES string of the molecule is CS(=O)(=O)c1ccc(OC[C@@H]2CCCN(C3CCc4ccc(Cl)cc4C3)C2)cc1. The van der Waals surface area contributed by atoms with Crippen molar-refractivity contribution in [2.75, 3.05) is 26.0 Å². The van der Waals surface area contributed by atoms with Crippen molar-refractivity contribution < 1.29 is 13.2 Å². The molecule has 4 nitrogen and oxygen atoms in total. The summed E-state index contributed by atoms with van der Waals surface area (Å²) in [5, 5.41) is 0.830. The third-order valence-corrected chi connectivity index (χ3v) is 7.54. The molecule has 156 valence electrons. The number of rotatable bonds is 5. The number of halogens is 1. The predicted molar refractivity (Wildman–Crippen MR) is 117 cm³/mol. The lowest BCUT2D eigenvalue weighted by atomic mass is 9.86. The van der Waals surface area contributed by atoms with Gasteiger partial charge in [-0.2, -0.15) is 0 Å². The second-order valence-electron chi connectivity index (χ2n) is 8.37. The van der Waals surface area contributed by atoms with Crippen molar-refractivity contribution in [2.24, 2.45) is 5.92 Å². The van der Waals surface area contributed by atoms with E-state index >= 15 is 0 Å². The normalized spacial score (nSPS) is 22.8. The molecular formula is C23H28ClNO3S. The van der Waals surface area contributed by atoms with Gasteiger partial charge in [-0.1, -0.05) is 17.7 Å². The van der Waals surface area contributed by atoms with Gasteiger partial charge in [0.1, 0.15) is 5.75 Å². The van der Waals surface area contributed by atoms with Crippen LogP contribution in [0, 0.1) is 5.92 Å². The molecule has 0 aromatic heterocycles. The zero-order valence-corrected chi connectivity index (χ0v) is 18.4. The van der Waals surface area contributed by atoms with Gasteiger partial charge in [0.05, 0.1) is 11.5 Å². The average molecular weight is 434 g/mol. The lowest BCUT2D eigenvalue weighted by Gasteiger charge is -2.40. The Hall–Kier alpha value is -1.56. The summed E-state index contributed by atoms with van der Waals surface area (Å²) < 4.78 is 29.1. The van der Waals surface area contributed by atoms with Crippen LogP contribution in [0.25, 0.3) is 0 Å². The molecule has 2 atom stereocenters. The lowest BCUT2D eigenvalue weighted by molar-refractivity contribution is 0.0881. The molecule has 0 saturated carbocycles. The first-order valence-corrected chi connectivity index (χ1v) is 12.6. The van der Waals surface area contributed by atoms with Gasteiger partial charge in [-0.25, -0.2) is 8.42 Å². The van der Waals surface area contributed by atoms with E-state index in [9.17, 15) is 8.42 Å². The second-order valence-corrected chi connectivity index (χ2v) is 10.8. The maximum atomic E-state index is 11.6. The number of benzene rings is 2. The Balaban J connectivity index is 1.33. The highest BCUT2D eigenvalue weighted by molar-refractivity contribution is 7.90. The van der Waals surface area contributed by atoms with Crippen LogP contribution in [0.3, 0.4) is 0 Å². The molecule has 1 fully saturated rings. The molecule has 0 amide bonds. The van der Waals surface area contributed by atoms with Crippen LogP contribution in [0.15, 0.2) is 47.4 Å². The van der Waals surface area contributed by atoms with Gasteiger partial charge in [-0.15, -0.1) is 0 Å². The molecular weight excluding hydrogens is 406 g/mol. The van der Waals surface area contributed by atoms with Gasteiger partial charge in [-0.05, 0) is 86.2 Å². The lowest BCUT2D eigenvalue weighted by Crippen LogP contribution is -2.46. The van der Waals surface area contributed by atoms with Crippen LogP contribution in [0.2, 0.25) is 5.02 Å². The maximum absolute atomic E-state index is 11.6.